The molecule has 0 aromatic rings. The quantitative estimate of drug-likeness (QED) is 0.732. The minimum atomic E-state index is -2.67. The zero-order valence-electron chi connectivity index (χ0n) is 8.32. The SMILES string of the molecule is CC(C)CSC1CCS(=O)(=O)CC1. The molecule has 0 bridgehead atoms. The molecule has 13 heavy (non-hydrogen) atoms. The highest BCUT2D eigenvalue weighted by atomic mass is 32.2. The molecular formula is C9H18O2S2. The van der Waals surface area contributed by atoms with E-state index in [0.717, 1.165) is 18.6 Å². The summed E-state index contributed by atoms with van der Waals surface area (Å²) < 4.78 is 22.2. The second-order valence-electron chi connectivity index (χ2n) is 4.08. The first-order valence-electron chi connectivity index (χ1n) is 4.81. The lowest BCUT2D eigenvalue weighted by molar-refractivity contribution is 0.577. The molecule has 0 saturated carbocycles. The van der Waals surface area contributed by atoms with Crippen molar-refractivity contribution in [3.05, 3.63) is 0 Å². The second-order valence-corrected chi connectivity index (χ2v) is 7.72. The van der Waals surface area contributed by atoms with Gasteiger partial charge in [0.05, 0.1) is 11.5 Å². The molecule has 78 valence electrons. The number of thioether (sulfide) groups is 1. The molecule has 1 aliphatic rings. The zero-order chi connectivity index (χ0) is 9.90. The first kappa shape index (κ1) is 11.4. The van der Waals surface area contributed by atoms with Gasteiger partial charge in [-0.3, -0.25) is 0 Å². The van der Waals surface area contributed by atoms with Gasteiger partial charge in [-0.05, 0) is 24.5 Å². The third-order valence-electron chi connectivity index (χ3n) is 2.17. The lowest BCUT2D eigenvalue weighted by Gasteiger charge is -2.21. The van der Waals surface area contributed by atoms with Gasteiger partial charge in [0.15, 0.2) is 0 Å². The zero-order valence-corrected chi connectivity index (χ0v) is 9.96. The molecule has 0 N–H and O–H groups in total. The highest BCUT2D eigenvalue weighted by Gasteiger charge is 2.23. The smallest absolute Gasteiger partial charge is 0.150 e. The molecule has 0 spiro atoms. The van der Waals surface area contributed by atoms with E-state index in [1.54, 1.807) is 0 Å². The van der Waals surface area contributed by atoms with Crippen molar-refractivity contribution in [1.29, 1.82) is 0 Å². The van der Waals surface area contributed by atoms with Crippen LogP contribution in [0.15, 0.2) is 0 Å². The Hall–Kier alpha value is 0.300. The third kappa shape index (κ3) is 4.36. The van der Waals surface area contributed by atoms with E-state index >= 15 is 0 Å². The first-order valence-corrected chi connectivity index (χ1v) is 7.68. The first-order chi connectivity index (χ1) is 5.99. The van der Waals surface area contributed by atoms with E-state index in [9.17, 15) is 8.42 Å². The van der Waals surface area contributed by atoms with Gasteiger partial charge < -0.3 is 0 Å². The van der Waals surface area contributed by atoms with Crippen LogP contribution in [0.4, 0.5) is 0 Å². The maximum absolute atomic E-state index is 11.1. The Morgan fingerprint density at radius 3 is 2.31 bits per heavy atom. The lowest BCUT2D eigenvalue weighted by Crippen LogP contribution is -2.25. The van der Waals surface area contributed by atoms with E-state index in [2.05, 4.69) is 13.8 Å². The van der Waals surface area contributed by atoms with Crippen molar-refractivity contribution in [3.63, 3.8) is 0 Å². The van der Waals surface area contributed by atoms with Crippen molar-refractivity contribution >= 4 is 21.6 Å². The Morgan fingerprint density at radius 1 is 1.31 bits per heavy atom. The van der Waals surface area contributed by atoms with Crippen LogP contribution in [0, 0.1) is 5.92 Å². The summed E-state index contributed by atoms with van der Waals surface area (Å²) in [6.07, 6.45) is 1.72. The Labute approximate surface area is 85.4 Å². The largest absolute Gasteiger partial charge is 0.229 e. The monoisotopic (exact) mass is 222 g/mol. The average molecular weight is 222 g/mol. The standard InChI is InChI=1S/C9H18O2S2/c1-8(2)7-12-9-3-5-13(10,11)6-4-9/h8-9H,3-7H2,1-2H3. The molecule has 0 atom stereocenters. The Bertz CT molecular complexity index is 230. The van der Waals surface area contributed by atoms with Crippen LogP contribution in [0.5, 0.6) is 0 Å². The van der Waals surface area contributed by atoms with Crippen molar-refractivity contribution in [2.75, 3.05) is 17.3 Å². The van der Waals surface area contributed by atoms with Crippen molar-refractivity contribution in [2.24, 2.45) is 5.92 Å². The van der Waals surface area contributed by atoms with Crippen LogP contribution in [0.2, 0.25) is 0 Å². The molecule has 0 aliphatic carbocycles. The summed E-state index contributed by atoms with van der Waals surface area (Å²) >= 11 is 1.94. The number of hydrogen-bond donors (Lipinski definition) is 0. The molecule has 1 saturated heterocycles. The van der Waals surface area contributed by atoms with Gasteiger partial charge in [0.1, 0.15) is 9.84 Å². The Kier molecular flexibility index (Phi) is 4.10. The fourth-order valence-electron chi connectivity index (χ4n) is 1.36. The molecule has 1 heterocycles. The van der Waals surface area contributed by atoms with Crippen LogP contribution in [0.3, 0.4) is 0 Å². The maximum atomic E-state index is 11.1. The van der Waals surface area contributed by atoms with Gasteiger partial charge in [-0.1, -0.05) is 13.8 Å². The molecule has 0 amide bonds. The van der Waals surface area contributed by atoms with E-state index in [4.69, 9.17) is 0 Å². The molecule has 4 heteroatoms. The Balaban J connectivity index is 2.26. The van der Waals surface area contributed by atoms with Gasteiger partial charge in [-0.15, -0.1) is 0 Å². The van der Waals surface area contributed by atoms with Crippen molar-refractivity contribution in [1.82, 2.24) is 0 Å². The highest BCUT2D eigenvalue weighted by Crippen LogP contribution is 2.25. The van der Waals surface area contributed by atoms with Gasteiger partial charge in [0.25, 0.3) is 0 Å². The summed E-state index contributed by atoms with van der Waals surface area (Å²) in [6.45, 7) is 4.40. The van der Waals surface area contributed by atoms with Crippen LogP contribution in [0.1, 0.15) is 26.7 Å². The van der Waals surface area contributed by atoms with Crippen LogP contribution in [-0.4, -0.2) is 30.9 Å². The van der Waals surface area contributed by atoms with Crippen molar-refractivity contribution in [3.8, 4) is 0 Å². The minimum absolute atomic E-state index is 0.406. The third-order valence-corrected chi connectivity index (χ3v) is 5.68. The highest BCUT2D eigenvalue weighted by molar-refractivity contribution is 8.00. The molecule has 1 fully saturated rings. The average Bonchev–Trinajstić information content (AvgIpc) is 2.02. The number of sulfone groups is 1. The normalized spacial score (nSPS) is 23.6. The fraction of sp³-hybridized carbons (Fsp3) is 1.00. The summed E-state index contributed by atoms with van der Waals surface area (Å²) in [7, 11) is -2.67. The lowest BCUT2D eigenvalue weighted by atomic mass is 10.2. The van der Waals surface area contributed by atoms with Crippen LogP contribution < -0.4 is 0 Å². The molecule has 0 aromatic heterocycles. The van der Waals surface area contributed by atoms with Gasteiger partial charge in [0.2, 0.25) is 0 Å². The molecule has 0 radical (unpaired) electrons. The number of hydrogen-bond acceptors (Lipinski definition) is 3. The molecule has 1 rings (SSSR count). The van der Waals surface area contributed by atoms with Crippen LogP contribution in [-0.2, 0) is 9.84 Å². The van der Waals surface area contributed by atoms with E-state index in [-0.39, 0.29) is 0 Å². The van der Waals surface area contributed by atoms with Gasteiger partial charge in [-0.25, -0.2) is 8.42 Å². The van der Waals surface area contributed by atoms with Crippen LogP contribution in [0.25, 0.3) is 0 Å². The van der Waals surface area contributed by atoms with Gasteiger partial charge in [0, 0.05) is 5.25 Å². The van der Waals surface area contributed by atoms with Crippen molar-refractivity contribution in [2.45, 2.75) is 31.9 Å². The fourth-order valence-corrected chi connectivity index (χ4v) is 4.38. The van der Waals surface area contributed by atoms with E-state index in [1.165, 1.54) is 0 Å². The predicted molar refractivity (Wildman–Crippen MR) is 59.0 cm³/mol. The molecular weight excluding hydrogens is 204 g/mol. The van der Waals surface area contributed by atoms with Crippen molar-refractivity contribution < 1.29 is 8.42 Å². The van der Waals surface area contributed by atoms with E-state index < -0.39 is 9.84 Å². The van der Waals surface area contributed by atoms with E-state index in [1.807, 2.05) is 11.8 Å². The molecule has 2 nitrogen and oxygen atoms in total. The Morgan fingerprint density at radius 2 is 1.85 bits per heavy atom. The maximum Gasteiger partial charge on any atom is 0.150 e. The summed E-state index contributed by atoms with van der Waals surface area (Å²) in [5.41, 5.74) is 0. The predicted octanol–water partition coefficient (Wildman–Crippen LogP) is 1.95. The summed E-state index contributed by atoms with van der Waals surface area (Å²) in [4.78, 5) is 0. The minimum Gasteiger partial charge on any atom is -0.229 e. The second kappa shape index (κ2) is 4.69. The molecule has 0 unspecified atom stereocenters. The van der Waals surface area contributed by atoms with E-state index in [0.29, 0.717) is 22.7 Å². The summed E-state index contributed by atoms with van der Waals surface area (Å²) in [5, 5.41) is 0.589. The van der Waals surface area contributed by atoms with Gasteiger partial charge >= 0.3 is 0 Å². The topological polar surface area (TPSA) is 34.1 Å². The summed E-state index contributed by atoms with van der Waals surface area (Å²) in [6, 6.07) is 0. The van der Waals surface area contributed by atoms with Gasteiger partial charge in [-0.2, -0.15) is 11.8 Å². The number of rotatable bonds is 3. The molecule has 1 aliphatic heterocycles. The molecule has 0 aromatic carbocycles. The summed E-state index contributed by atoms with van der Waals surface area (Å²) in [5.74, 6) is 2.68. The van der Waals surface area contributed by atoms with Crippen LogP contribution >= 0.6 is 11.8 Å².